The molecule has 1 aliphatic carbocycles. The summed E-state index contributed by atoms with van der Waals surface area (Å²) in [7, 11) is 0. The van der Waals surface area contributed by atoms with Gasteiger partial charge in [0.05, 0.1) is 6.61 Å². The lowest BCUT2D eigenvalue weighted by molar-refractivity contribution is 0.0633. The van der Waals surface area contributed by atoms with Gasteiger partial charge in [-0.15, -0.1) is 0 Å². The number of nitrogens with one attached hydrogen (secondary N) is 1. The molecule has 2 amide bonds. The number of amides is 2. The molecule has 30 heavy (non-hydrogen) atoms. The van der Waals surface area contributed by atoms with Crippen molar-refractivity contribution in [3.05, 3.63) is 64.7 Å². The van der Waals surface area contributed by atoms with Gasteiger partial charge in [0.15, 0.2) is 0 Å². The molecule has 1 saturated heterocycles. The van der Waals surface area contributed by atoms with Crippen molar-refractivity contribution in [3.63, 3.8) is 0 Å². The summed E-state index contributed by atoms with van der Waals surface area (Å²) < 4.78 is 6.01. The first-order chi connectivity index (χ1) is 14.5. The molecule has 2 aliphatic rings. The summed E-state index contributed by atoms with van der Waals surface area (Å²) in [5, 5.41) is 3.01. The zero-order valence-corrected chi connectivity index (χ0v) is 17.8. The summed E-state index contributed by atoms with van der Waals surface area (Å²) in [5.74, 6) is 1.06. The Labute approximate surface area is 178 Å². The minimum absolute atomic E-state index is 0.0363. The van der Waals surface area contributed by atoms with E-state index in [0.717, 1.165) is 43.4 Å². The smallest absolute Gasteiger partial charge is 0.253 e. The molecule has 5 heteroatoms. The predicted octanol–water partition coefficient (Wildman–Crippen LogP) is 4.13. The van der Waals surface area contributed by atoms with Crippen LogP contribution in [0.3, 0.4) is 0 Å². The third kappa shape index (κ3) is 5.02. The minimum Gasteiger partial charge on any atom is -0.493 e. The van der Waals surface area contributed by atoms with Crippen molar-refractivity contribution in [1.29, 1.82) is 0 Å². The van der Waals surface area contributed by atoms with Gasteiger partial charge in [0, 0.05) is 36.2 Å². The van der Waals surface area contributed by atoms with Crippen molar-refractivity contribution < 1.29 is 14.3 Å². The number of rotatable bonds is 6. The topological polar surface area (TPSA) is 58.6 Å². The second-order valence-electron chi connectivity index (χ2n) is 8.65. The highest BCUT2D eigenvalue weighted by atomic mass is 16.5. The molecule has 2 aromatic rings. The third-order valence-electron chi connectivity index (χ3n) is 6.05. The molecular weight excluding hydrogens is 376 g/mol. The number of likely N-dealkylation sites (tertiary alicyclic amines) is 1. The van der Waals surface area contributed by atoms with Crippen LogP contribution in [-0.2, 0) is 0 Å². The van der Waals surface area contributed by atoms with E-state index in [1.54, 1.807) is 6.07 Å². The first-order valence-corrected chi connectivity index (χ1v) is 10.9. The molecule has 0 aromatic heterocycles. The Kier molecular flexibility index (Phi) is 6.07. The first-order valence-electron chi connectivity index (χ1n) is 10.9. The number of piperidine rings is 1. The van der Waals surface area contributed by atoms with E-state index >= 15 is 0 Å². The molecular formula is C25H30N2O3. The van der Waals surface area contributed by atoms with Crippen LogP contribution >= 0.6 is 0 Å². The lowest BCUT2D eigenvalue weighted by Crippen LogP contribution is -2.41. The van der Waals surface area contributed by atoms with Crippen LogP contribution in [0.5, 0.6) is 5.75 Å². The normalized spacial score (nSPS) is 18.7. The number of aryl methyl sites for hydroxylation is 2. The summed E-state index contributed by atoms with van der Waals surface area (Å²) in [6.45, 7) is 6.14. The van der Waals surface area contributed by atoms with E-state index < -0.39 is 0 Å². The molecule has 158 valence electrons. The van der Waals surface area contributed by atoms with Gasteiger partial charge >= 0.3 is 0 Å². The van der Waals surface area contributed by atoms with Crippen LogP contribution in [0.15, 0.2) is 42.5 Å². The van der Waals surface area contributed by atoms with E-state index in [1.165, 1.54) is 5.56 Å². The summed E-state index contributed by atoms with van der Waals surface area (Å²) in [6, 6.07) is 13.6. The third-order valence-corrected chi connectivity index (χ3v) is 6.05. The van der Waals surface area contributed by atoms with Crippen LogP contribution in [-0.4, -0.2) is 42.5 Å². The maximum absolute atomic E-state index is 12.9. The highest BCUT2D eigenvalue weighted by Gasteiger charge is 2.26. The number of carbonyl (C=O) groups is 2. The highest BCUT2D eigenvalue weighted by molar-refractivity contribution is 5.95. The summed E-state index contributed by atoms with van der Waals surface area (Å²) in [6.07, 6.45) is 4.16. The van der Waals surface area contributed by atoms with E-state index in [-0.39, 0.29) is 17.7 Å². The Bertz CT molecular complexity index is 936. The van der Waals surface area contributed by atoms with Gasteiger partial charge in [0.2, 0.25) is 0 Å². The number of carbonyl (C=O) groups excluding carboxylic acids is 2. The Hall–Kier alpha value is -2.82. The van der Waals surface area contributed by atoms with Crippen molar-refractivity contribution in [1.82, 2.24) is 10.2 Å². The molecule has 1 aliphatic heterocycles. The average molecular weight is 407 g/mol. The second kappa shape index (κ2) is 8.90. The lowest BCUT2D eigenvalue weighted by Gasteiger charge is -2.33. The number of nitrogens with zero attached hydrogens (tertiary/aromatic N) is 1. The number of hydrogen-bond acceptors (Lipinski definition) is 3. The van der Waals surface area contributed by atoms with Gasteiger partial charge in [-0.25, -0.2) is 0 Å². The van der Waals surface area contributed by atoms with Gasteiger partial charge in [-0.05, 0) is 81.0 Å². The van der Waals surface area contributed by atoms with Gasteiger partial charge < -0.3 is 15.0 Å². The molecule has 1 heterocycles. The molecule has 0 bridgehead atoms. The van der Waals surface area contributed by atoms with E-state index in [2.05, 4.69) is 12.2 Å². The fraction of sp³-hybridized carbons (Fsp3) is 0.440. The van der Waals surface area contributed by atoms with Crippen LogP contribution in [0.1, 0.15) is 57.5 Å². The van der Waals surface area contributed by atoms with Crippen molar-refractivity contribution in [3.8, 4) is 5.75 Å². The summed E-state index contributed by atoms with van der Waals surface area (Å²) in [5.41, 5.74) is 3.73. The van der Waals surface area contributed by atoms with E-state index in [9.17, 15) is 9.59 Å². The minimum atomic E-state index is -0.0363. The molecule has 1 saturated carbocycles. The van der Waals surface area contributed by atoms with Crippen LogP contribution < -0.4 is 10.1 Å². The molecule has 4 rings (SSSR count). The van der Waals surface area contributed by atoms with E-state index in [0.29, 0.717) is 30.5 Å². The molecule has 0 radical (unpaired) electrons. The molecule has 2 aromatic carbocycles. The van der Waals surface area contributed by atoms with E-state index in [4.69, 9.17) is 4.74 Å². The van der Waals surface area contributed by atoms with Gasteiger partial charge in [-0.3, -0.25) is 9.59 Å². The van der Waals surface area contributed by atoms with Crippen LogP contribution in [0.2, 0.25) is 0 Å². The van der Waals surface area contributed by atoms with Gasteiger partial charge in [0.1, 0.15) is 5.75 Å². The van der Waals surface area contributed by atoms with Crippen LogP contribution in [0, 0.1) is 19.8 Å². The molecule has 2 fully saturated rings. The highest BCUT2D eigenvalue weighted by Crippen LogP contribution is 2.23. The predicted molar refractivity (Wildman–Crippen MR) is 117 cm³/mol. The monoisotopic (exact) mass is 406 g/mol. The van der Waals surface area contributed by atoms with Gasteiger partial charge in [0.25, 0.3) is 11.8 Å². The molecule has 0 unspecified atom stereocenters. The molecule has 1 atom stereocenters. The Morgan fingerprint density at radius 1 is 1.03 bits per heavy atom. The molecule has 0 spiro atoms. The number of benzene rings is 2. The summed E-state index contributed by atoms with van der Waals surface area (Å²) >= 11 is 0. The first kappa shape index (κ1) is 20.5. The zero-order chi connectivity index (χ0) is 21.1. The largest absolute Gasteiger partial charge is 0.493 e. The number of ether oxygens (including phenoxy) is 1. The average Bonchev–Trinajstić information content (AvgIpc) is 3.58. The van der Waals surface area contributed by atoms with Gasteiger partial charge in [-0.1, -0.05) is 12.1 Å². The number of hydrogen-bond donors (Lipinski definition) is 1. The maximum atomic E-state index is 12.9. The lowest BCUT2D eigenvalue weighted by atomic mass is 9.97. The van der Waals surface area contributed by atoms with Crippen molar-refractivity contribution >= 4 is 11.8 Å². The quantitative estimate of drug-likeness (QED) is 0.785. The van der Waals surface area contributed by atoms with Crippen LogP contribution in [0.25, 0.3) is 0 Å². The van der Waals surface area contributed by atoms with Crippen molar-refractivity contribution in [2.75, 3.05) is 19.7 Å². The fourth-order valence-corrected chi connectivity index (χ4v) is 3.88. The van der Waals surface area contributed by atoms with Crippen molar-refractivity contribution in [2.45, 2.75) is 45.6 Å². The van der Waals surface area contributed by atoms with E-state index in [1.807, 2.05) is 48.2 Å². The molecule has 1 N–H and O–H groups in total. The van der Waals surface area contributed by atoms with Crippen molar-refractivity contribution in [2.24, 2.45) is 5.92 Å². The Morgan fingerprint density at radius 2 is 1.87 bits per heavy atom. The SMILES string of the molecule is Cc1ccc(C(=O)N2CCC[C@H](COc3cccc(C(=O)NC4CC4)c3)C2)cc1C. The molecule has 5 nitrogen and oxygen atoms in total. The van der Waals surface area contributed by atoms with Gasteiger partial charge in [-0.2, -0.15) is 0 Å². The standard InChI is InChI=1S/C25H30N2O3/c1-17-8-9-21(13-18(17)2)25(29)27-12-4-5-19(15-27)16-30-23-7-3-6-20(14-23)24(28)26-22-10-11-22/h3,6-9,13-14,19,22H,4-5,10-12,15-16H2,1-2H3,(H,26,28)/t19-/m0/s1. The second-order valence-corrected chi connectivity index (χ2v) is 8.65. The Morgan fingerprint density at radius 3 is 2.63 bits per heavy atom. The Balaban J connectivity index is 1.33. The summed E-state index contributed by atoms with van der Waals surface area (Å²) in [4.78, 5) is 27.1. The zero-order valence-electron chi connectivity index (χ0n) is 17.8. The van der Waals surface area contributed by atoms with Crippen LogP contribution in [0.4, 0.5) is 0 Å². The fourth-order valence-electron chi connectivity index (χ4n) is 3.88. The maximum Gasteiger partial charge on any atom is 0.253 e.